The van der Waals surface area contributed by atoms with Crippen LogP contribution in [0.5, 0.6) is 0 Å². The Morgan fingerprint density at radius 1 is 1.06 bits per heavy atom. The number of ether oxygens (including phenoxy) is 2. The average molecular weight is 475 g/mol. The standard InChI is InChI=1S/C26H26N4O5/c27-15-20-5-4-19(26(33)30-21-6-8-28-9-7-21)13-23(20)17-2-1-3-18(12-17)25(32)29-10-11-34-22-14-24(31)35-16-22/h1-9,12-13,22H,10-11,14-16,27H2,(H,29,32)(H,28,30,33). The third kappa shape index (κ3) is 6.28. The Kier molecular flexibility index (Phi) is 7.81. The molecule has 0 bridgehead atoms. The van der Waals surface area contributed by atoms with Crippen molar-refractivity contribution in [3.63, 3.8) is 0 Å². The maximum absolute atomic E-state index is 12.8. The van der Waals surface area contributed by atoms with Crippen molar-refractivity contribution in [2.45, 2.75) is 19.1 Å². The first-order valence-electron chi connectivity index (χ1n) is 11.2. The van der Waals surface area contributed by atoms with E-state index in [-0.39, 0.29) is 50.1 Å². The molecular weight excluding hydrogens is 448 g/mol. The van der Waals surface area contributed by atoms with E-state index in [1.807, 2.05) is 12.1 Å². The monoisotopic (exact) mass is 474 g/mol. The van der Waals surface area contributed by atoms with E-state index in [2.05, 4.69) is 15.6 Å². The van der Waals surface area contributed by atoms with E-state index in [1.165, 1.54) is 0 Å². The first-order valence-corrected chi connectivity index (χ1v) is 11.2. The summed E-state index contributed by atoms with van der Waals surface area (Å²) in [6.07, 6.45) is 3.18. The summed E-state index contributed by atoms with van der Waals surface area (Å²) >= 11 is 0. The van der Waals surface area contributed by atoms with E-state index in [1.54, 1.807) is 54.9 Å². The zero-order chi connectivity index (χ0) is 24.6. The number of amides is 2. The number of rotatable bonds is 9. The lowest BCUT2D eigenvalue weighted by Crippen LogP contribution is -2.29. The van der Waals surface area contributed by atoms with Crippen molar-refractivity contribution >= 4 is 23.5 Å². The van der Waals surface area contributed by atoms with Crippen LogP contribution in [0.4, 0.5) is 5.69 Å². The molecule has 0 radical (unpaired) electrons. The molecule has 1 unspecified atom stereocenters. The number of pyridine rings is 1. The Balaban J connectivity index is 1.44. The lowest BCUT2D eigenvalue weighted by atomic mass is 9.95. The van der Waals surface area contributed by atoms with Gasteiger partial charge in [-0.1, -0.05) is 18.2 Å². The van der Waals surface area contributed by atoms with Gasteiger partial charge in [-0.25, -0.2) is 0 Å². The highest BCUT2D eigenvalue weighted by Crippen LogP contribution is 2.26. The number of nitrogens with zero attached hydrogens (tertiary/aromatic N) is 1. The van der Waals surface area contributed by atoms with E-state index in [0.29, 0.717) is 23.4 Å². The highest BCUT2D eigenvalue weighted by Gasteiger charge is 2.24. The molecule has 180 valence electrons. The highest BCUT2D eigenvalue weighted by molar-refractivity contribution is 6.05. The van der Waals surface area contributed by atoms with E-state index < -0.39 is 0 Å². The summed E-state index contributed by atoms with van der Waals surface area (Å²) in [6, 6.07) is 15.9. The molecular formula is C26H26N4O5. The fourth-order valence-electron chi connectivity index (χ4n) is 3.72. The summed E-state index contributed by atoms with van der Waals surface area (Å²) in [4.78, 5) is 40.5. The molecule has 4 N–H and O–H groups in total. The number of nitrogens with one attached hydrogen (secondary N) is 2. The number of cyclic esters (lactones) is 1. The molecule has 2 aromatic carbocycles. The van der Waals surface area contributed by atoms with Crippen molar-refractivity contribution in [2.24, 2.45) is 5.73 Å². The Labute approximate surface area is 202 Å². The van der Waals surface area contributed by atoms with Gasteiger partial charge >= 0.3 is 5.97 Å². The van der Waals surface area contributed by atoms with Gasteiger partial charge in [-0.3, -0.25) is 19.4 Å². The van der Waals surface area contributed by atoms with Crippen LogP contribution in [0.1, 0.15) is 32.7 Å². The minimum absolute atomic E-state index is 0.235. The summed E-state index contributed by atoms with van der Waals surface area (Å²) in [6.45, 7) is 1.10. The van der Waals surface area contributed by atoms with Gasteiger partial charge < -0.3 is 25.8 Å². The summed E-state index contributed by atoms with van der Waals surface area (Å²) in [5.41, 5.74) is 9.93. The molecule has 1 atom stereocenters. The minimum Gasteiger partial charge on any atom is -0.463 e. The number of benzene rings is 2. The Hall–Kier alpha value is -4.08. The molecule has 2 amide bonds. The van der Waals surface area contributed by atoms with Gasteiger partial charge in [-0.05, 0) is 53.1 Å². The Morgan fingerprint density at radius 3 is 2.60 bits per heavy atom. The van der Waals surface area contributed by atoms with Crippen LogP contribution in [0.25, 0.3) is 11.1 Å². The molecule has 1 fully saturated rings. The quantitative estimate of drug-likeness (QED) is 0.321. The second kappa shape index (κ2) is 11.4. The van der Waals surface area contributed by atoms with Gasteiger partial charge in [0, 0.05) is 42.3 Å². The Morgan fingerprint density at radius 2 is 1.86 bits per heavy atom. The van der Waals surface area contributed by atoms with Crippen molar-refractivity contribution in [2.75, 3.05) is 25.1 Å². The molecule has 9 nitrogen and oxygen atoms in total. The second-order valence-corrected chi connectivity index (χ2v) is 7.98. The van der Waals surface area contributed by atoms with Gasteiger partial charge in [0.15, 0.2) is 0 Å². The maximum atomic E-state index is 12.8. The first kappa shape index (κ1) is 24.1. The van der Waals surface area contributed by atoms with Crippen molar-refractivity contribution in [3.8, 4) is 11.1 Å². The fourth-order valence-corrected chi connectivity index (χ4v) is 3.72. The summed E-state index contributed by atoms with van der Waals surface area (Å²) in [5.74, 6) is -0.786. The SMILES string of the molecule is NCc1ccc(C(=O)Nc2ccncc2)cc1-c1cccc(C(=O)NCCOC2COC(=O)C2)c1. The molecule has 3 aromatic rings. The van der Waals surface area contributed by atoms with Crippen LogP contribution < -0.4 is 16.4 Å². The molecule has 4 rings (SSSR count). The lowest BCUT2D eigenvalue weighted by molar-refractivity contribution is -0.137. The van der Waals surface area contributed by atoms with Gasteiger partial charge in [0.1, 0.15) is 12.7 Å². The van der Waals surface area contributed by atoms with Gasteiger partial charge in [-0.2, -0.15) is 0 Å². The average Bonchev–Trinajstić information content (AvgIpc) is 3.31. The van der Waals surface area contributed by atoms with Crippen LogP contribution in [-0.4, -0.2) is 48.6 Å². The topological polar surface area (TPSA) is 133 Å². The fraction of sp³-hybridized carbons (Fsp3) is 0.231. The zero-order valence-corrected chi connectivity index (χ0v) is 19.0. The van der Waals surface area contributed by atoms with Crippen LogP contribution >= 0.6 is 0 Å². The van der Waals surface area contributed by atoms with Gasteiger partial charge in [0.2, 0.25) is 0 Å². The molecule has 1 aliphatic rings. The van der Waals surface area contributed by atoms with Gasteiger partial charge in [0.05, 0.1) is 13.0 Å². The van der Waals surface area contributed by atoms with Crippen LogP contribution in [-0.2, 0) is 20.8 Å². The van der Waals surface area contributed by atoms with Gasteiger partial charge in [-0.15, -0.1) is 0 Å². The van der Waals surface area contributed by atoms with Crippen molar-refractivity contribution in [1.29, 1.82) is 0 Å². The third-order valence-electron chi connectivity index (χ3n) is 5.53. The molecule has 35 heavy (non-hydrogen) atoms. The number of esters is 1. The normalized spacial score (nSPS) is 14.9. The van der Waals surface area contributed by atoms with E-state index in [9.17, 15) is 14.4 Å². The number of aromatic nitrogens is 1. The smallest absolute Gasteiger partial charge is 0.308 e. The van der Waals surface area contributed by atoms with Crippen LogP contribution in [0.3, 0.4) is 0 Å². The van der Waals surface area contributed by atoms with Gasteiger partial charge in [0.25, 0.3) is 11.8 Å². The molecule has 1 saturated heterocycles. The predicted molar refractivity (Wildman–Crippen MR) is 130 cm³/mol. The molecule has 0 spiro atoms. The molecule has 0 saturated carbocycles. The van der Waals surface area contributed by atoms with Crippen LogP contribution in [0.15, 0.2) is 67.0 Å². The number of carbonyl (C=O) groups is 3. The number of carbonyl (C=O) groups excluding carboxylic acids is 3. The Bertz CT molecular complexity index is 1220. The predicted octanol–water partition coefficient (Wildman–Crippen LogP) is 2.52. The maximum Gasteiger partial charge on any atom is 0.308 e. The van der Waals surface area contributed by atoms with E-state index in [4.69, 9.17) is 15.2 Å². The van der Waals surface area contributed by atoms with Crippen molar-refractivity contribution in [3.05, 3.63) is 83.7 Å². The van der Waals surface area contributed by atoms with Crippen molar-refractivity contribution in [1.82, 2.24) is 10.3 Å². The summed E-state index contributed by atoms with van der Waals surface area (Å²) in [5, 5.41) is 5.66. The molecule has 1 aliphatic heterocycles. The number of hydrogen-bond acceptors (Lipinski definition) is 7. The highest BCUT2D eigenvalue weighted by atomic mass is 16.6. The van der Waals surface area contributed by atoms with Crippen LogP contribution in [0, 0.1) is 0 Å². The molecule has 0 aliphatic carbocycles. The number of hydrogen-bond donors (Lipinski definition) is 3. The first-order chi connectivity index (χ1) is 17.0. The number of anilines is 1. The largest absolute Gasteiger partial charge is 0.463 e. The van der Waals surface area contributed by atoms with Crippen LogP contribution in [0.2, 0.25) is 0 Å². The molecule has 2 heterocycles. The second-order valence-electron chi connectivity index (χ2n) is 7.98. The summed E-state index contributed by atoms with van der Waals surface area (Å²) < 4.78 is 10.4. The van der Waals surface area contributed by atoms with Crippen molar-refractivity contribution < 1.29 is 23.9 Å². The third-order valence-corrected chi connectivity index (χ3v) is 5.53. The minimum atomic E-state index is -0.272. The lowest BCUT2D eigenvalue weighted by Gasteiger charge is -2.13. The van der Waals surface area contributed by atoms with E-state index >= 15 is 0 Å². The molecule has 9 heteroatoms. The number of nitrogens with two attached hydrogens (primary N) is 1. The zero-order valence-electron chi connectivity index (χ0n) is 19.0. The van der Waals surface area contributed by atoms with E-state index in [0.717, 1.165) is 16.7 Å². The summed E-state index contributed by atoms with van der Waals surface area (Å²) in [7, 11) is 0. The molecule has 1 aromatic heterocycles.